The second-order valence-corrected chi connectivity index (χ2v) is 9.42. The van der Waals surface area contributed by atoms with E-state index >= 15 is 0 Å². The first kappa shape index (κ1) is 14.4. The highest BCUT2D eigenvalue weighted by Gasteiger charge is 2.51. The molecule has 1 aromatic carbocycles. The van der Waals surface area contributed by atoms with Gasteiger partial charge in [0.15, 0.2) is 0 Å². The lowest BCUT2D eigenvalue weighted by molar-refractivity contribution is -0.00521. The monoisotopic (exact) mass is 309 g/mol. The van der Waals surface area contributed by atoms with Gasteiger partial charge in [0, 0.05) is 5.69 Å². The van der Waals surface area contributed by atoms with Crippen LogP contribution in [0.3, 0.4) is 0 Å². The molecule has 1 heteroatoms. The molecule has 5 fully saturated rings. The highest BCUT2D eigenvalue weighted by Crippen LogP contribution is 2.61. The number of hydrogen-bond donors (Lipinski definition) is 1. The summed E-state index contributed by atoms with van der Waals surface area (Å²) >= 11 is 0. The van der Waals surface area contributed by atoms with Crippen LogP contribution in [0.1, 0.15) is 87.7 Å². The lowest BCUT2D eigenvalue weighted by atomic mass is 9.48. The first-order chi connectivity index (χ1) is 11.2. The summed E-state index contributed by atoms with van der Waals surface area (Å²) in [5.74, 6) is 3.82. The molecule has 0 radical (unpaired) electrons. The van der Waals surface area contributed by atoms with E-state index in [2.05, 4.69) is 18.2 Å². The van der Waals surface area contributed by atoms with Gasteiger partial charge in [-0.3, -0.25) is 0 Å². The number of nitrogens with two attached hydrogens (primary N) is 1. The summed E-state index contributed by atoms with van der Waals surface area (Å²) in [6.45, 7) is 0. The van der Waals surface area contributed by atoms with Crippen molar-refractivity contribution in [3.05, 3.63) is 29.3 Å². The van der Waals surface area contributed by atoms with Crippen LogP contribution in [0, 0.1) is 17.8 Å². The highest BCUT2D eigenvalue weighted by molar-refractivity contribution is 5.49. The quantitative estimate of drug-likeness (QED) is 0.688. The van der Waals surface area contributed by atoms with Gasteiger partial charge >= 0.3 is 0 Å². The zero-order chi connectivity index (χ0) is 15.4. The molecule has 1 aromatic rings. The van der Waals surface area contributed by atoms with Crippen LogP contribution < -0.4 is 5.73 Å². The van der Waals surface area contributed by atoms with E-state index in [0.29, 0.717) is 5.41 Å². The SMILES string of the molecule is Nc1cc(C2CCCCC2)cc(C23CC4CC(CC(C4)C2)C3)c1. The van der Waals surface area contributed by atoms with Crippen molar-refractivity contribution in [1.82, 2.24) is 0 Å². The van der Waals surface area contributed by atoms with Crippen molar-refractivity contribution in [2.24, 2.45) is 17.8 Å². The Bertz CT molecular complexity index is 561. The van der Waals surface area contributed by atoms with Crippen molar-refractivity contribution < 1.29 is 0 Å². The summed E-state index contributed by atoms with van der Waals surface area (Å²) in [5, 5.41) is 0. The van der Waals surface area contributed by atoms with Crippen molar-refractivity contribution in [3.63, 3.8) is 0 Å². The van der Waals surface area contributed by atoms with E-state index < -0.39 is 0 Å². The molecule has 23 heavy (non-hydrogen) atoms. The molecule has 0 atom stereocenters. The first-order valence-electron chi connectivity index (χ1n) is 10.1. The molecule has 0 heterocycles. The number of rotatable bonds is 2. The van der Waals surface area contributed by atoms with E-state index in [0.717, 1.165) is 29.4 Å². The maximum Gasteiger partial charge on any atom is 0.0319 e. The van der Waals surface area contributed by atoms with Gasteiger partial charge in [-0.05, 0) is 104 Å². The Morgan fingerprint density at radius 2 is 1.39 bits per heavy atom. The van der Waals surface area contributed by atoms with Gasteiger partial charge in [-0.25, -0.2) is 0 Å². The molecule has 0 amide bonds. The Kier molecular flexibility index (Phi) is 3.29. The molecule has 0 saturated heterocycles. The van der Waals surface area contributed by atoms with Crippen LogP contribution in [-0.4, -0.2) is 0 Å². The maximum absolute atomic E-state index is 6.38. The van der Waals surface area contributed by atoms with Crippen LogP contribution in [0.5, 0.6) is 0 Å². The number of hydrogen-bond acceptors (Lipinski definition) is 1. The highest BCUT2D eigenvalue weighted by atomic mass is 14.6. The fourth-order valence-electron chi connectivity index (χ4n) is 7.12. The van der Waals surface area contributed by atoms with Crippen LogP contribution in [0.2, 0.25) is 0 Å². The standard InChI is InChI=1S/C22H31N/c23-21-10-19(18-4-2-1-3-5-18)9-20(11-21)22-12-15-6-16(13-22)8-17(7-15)14-22/h9-11,15-18H,1-8,12-14,23H2. The Morgan fingerprint density at radius 1 is 0.783 bits per heavy atom. The van der Waals surface area contributed by atoms with Gasteiger partial charge in [-0.15, -0.1) is 0 Å². The minimum Gasteiger partial charge on any atom is -0.399 e. The van der Waals surface area contributed by atoms with Crippen LogP contribution in [0.25, 0.3) is 0 Å². The van der Waals surface area contributed by atoms with Gasteiger partial charge in [0.25, 0.3) is 0 Å². The molecule has 4 bridgehead atoms. The van der Waals surface area contributed by atoms with Gasteiger partial charge in [-0.1, -0.05) is 25.3 Å². The second-order valence-electron chi connectivity index (χ2n) is 9.42. The van der Waals surface area contributed by atoms with E-state index in [1.165, 1.54) is 70.6 Å². The molecule has 0 aliphatic heterocycles. The average molecular weight is 309 g/mol. The van der Waals surface area contributed by atoms with Crippen molar-refractivity contribution in [3.8, 4) is 0 Å². The molecule has 124 valence electrons. The predicted octanol–water partition coefficient (Wildman–Crippen LogP) is 5.78. The minimum atomic E-state index is 0.494. The number of benzene rings is 1. The topological polar surface area (TPSA) is 26.0 Å². The van der Waals surface area contributed by atoms with Gasteiger partial charge in [0.1, 0.15) is 0 Å². The van der Waals surface area contributed by atoms with Crippen molar-refractivity contribution in [2.45, 2.75) is 82.0 Å². The Morgan fingerprint density at radius 3 is 2.00 bits per heavy atom. The third-order valence-corrected chi connectivity index (χ3v) is 7.70. The van der Waals surface area contributed by atoms with E-state index in [-0.39, 0.29) is 0 Å². The van der Waals surface area contributed by atoms with E-state index in [1.807, 2.05) is 0 Å². The predicted molar refractivity (Wildman–Crippen MR) is 96.5 cm³/mol. The molecule has 0 unspecified atom stereocenters. The van der Waals surface area contributed by atoms with E-state index in [4.69, 9.17) is 5.73 Å². The van der Waals surface area contributed by atoms with Crippen LogP contribution in [0.4, 0.5) is 5.69 Å². The second kappa shape index (κ2) is 5.26. The van der Waals surface area contributed by atoms with Crippen LogP contribution >= 0.6 is 0 Å². The zero-order valence-electron chi connectivity index (χ0n) is 14.4. The summed E-state index contributed by atoms with van der Waals surface area (Å²) in [5.41, 5.74) is 11.1. The largest absolute Gasteiger partial charge is 0.399 e. The van der Waals surface area contributed by atoms with Gasteiger partial charge in [-0.2, -0.15) is 0 Å². The molecule has 5 saturated carbocycles. The fourth-order valence-corrected chi connectivity index (χ4v) is 7.12. The Balaban J connectivity index is 1.51. The smallest absolute Gasteiger partial charge is 0.0319 e. The average Bonchev–Trinajstić information content (AvgIpc) is 2.54. The normalized spacial score (nSPS) is 39.7. The third kappa shape index (κ3) is 2.42. The molecule has 0 aromatic heterocycles. The summed E-state index contributed by atoms with van der Waals surface area (Å²) in [7, 11) is 0. The Hall–Kier alpha value is -0.980. The maximum atomic E-state index is 6.38. The van der Waals surface area contributed by atoms with Crippen LogP contribution in [-0.2, 0) is 5.41 Å². The van der Waals surface area contributed by atoms with Gasteiger partial charge in [0.05, 0.1) is 0 Å². The summed E-state index contributed by atoms with van der Waals surface area (Å²) < 4.78 is 0. The lowest BCUT2D eigenvalue weighted by Crippen LogP contribution is -2.48. The number of anilines is 1. The molecule has 0 spiro atoms. The molecular formula is C22H31N. The molecule has 5 aliphatic rings. The van der Waals surface area contributed by atoms with Crippen molar-refractivity contribution >= 4 is 5.69 Å². The van der Waals surface area contributed by atoms with Gasteiger partial charge in [0.2, 0.25) is 0 Å². The van der Waals surface area contributed by atoms with Crippen molar-refractivity contribution in [1.29, 1.82) is 0 Å². The fraction of sp³-hybridized carbons (Fsp3) is 0.727. The Labute approximate surface area is 141 Å². The van der Waals surface area contributed by atoms with Crippen LogP contribution in [0.15, 0.2) is 18.2 Å². The lowest BCUT2D eigenvalue weighted by Gasteiger charge is -2.57. The number of nitrogen functional groups attached to an aromatic ring is 1. The summed E-state index contributed by atoms with van der Waals surface area (Å²) in [6, 6.07) is 7.24. The molecular weight excluding hydrogens is 278 g/mol. The minimum absolute atomic E-state index is 0.494. The van der Waals surface area contributed by atoms with Crippen molar-refractivity contribution in [2.75, 3.05) is 5.73 Å². The summed E-state index contributed by atoms with van der Waals surface area (Å²) in [4.78, 5) is 0. The molecule has 6 rings (SSSR count). The zero-order valence-corrected chi connectivity index (χ0v) is 14.4. The third-order valence-electron chi connectivity index (χ3n) is 7.70. The molecule has 1 nitrogen and oxygen atoms in total. The molecule has 2 N–H and O–H groups in total. The summed E-state index contributed by atoms with van der Waals surface area (Å²) in [6.07, 6.45) is 15.9. The first-order valence-corrected chi connectivity index (χ1v) is 10.1. The van der Waals surface area contributed by atoms with E-state index in [1.54, 1.807) is 11.1 Å². The van der Waals surface area contributed by atoms with E-state index in [9.17, 15) is 0 Å². The molecule has 5 aliphatic carbocycles. The van der Waals surface area contributed by atoms with Gasteiger partial charge < -0.3 is 5.73 Å².